The molecule has 1 aliphatic rings. The van der Waals surface area contributed by atoms with Crippen molar-refractivity contribution in [3.8, 4) is 5.69 Å². The van der Waals surface area contributed by atoms with Gasteiger partial charge in [0.2, 0.25) is 6.79 Å². The minimum absolute atomic E-state index is 0.0965. The van der Waals surface area contributed by atoms with Gasteiger partial charge in [-0.05, 0) is 43.7 Å². The van der Waals surface area contributed by atoms with Gasteiger partial charge in [0.25, 0.3) is 0 Å². The molecule has 1 aliphatic heterocycles. The van der Waals surface area contributed by atoms with Crippen molar-refractivity contribution in [1.82, 2.24) is 14.5 Å². The summed E-state index contributed by atoms with van der Waals surface area (Å²) in [6, 6.07) is 11.3. The van der Waals surface area contributed by atoms with E-state index in [1.165, 1.54) is 0 Å². The summed E-state index contributed by atoms with van der Waals surface area (Å²) >= 11 is 3.57. The van der Waals surface area contributed by atoms with Crippen LogP contribution in [0.5, 0.6) is 0 Å². The highest BCUT2D eigenvalue weighted by atomic mass is 79.9. The fourth-order valence-electron chi connectivity index (χ4n) is 3.67. The third-order valence-electron chi connectivity index (χ3n) is 5.26. The van der Waals surface area contributed by atoms with Gasteiger partial charge in [-0.25, -0.2) is 4.98 Å². The number of nitrogens with zero attached hydrogens (tertiary/aromatic N) is 4. The molecule has 3 aromatic rings. The highest BCUT2D eigenvalue weighted by Crippen LogP contribution is 2.34. The minimum Gasteiger partial charge on any atom is -0.428 e. The molecule has 4 rings (SSSR count). The number of aromatic nitrogens is 3. The minimum atomic E-state index is -0.465. The van der Waals surface area contributed by atoms with E-state index in [0.29, 0.717) is 6.42 Å². The maximum Gasteiger partial charge on any atom is 0.308 e. The van der Waals surface area contributed by atoms with Crippen molar-refractivity contribution < 1.29 is 19.1 Å². The smallest absolute Gasteiger partial charge is 0.308 e. The zero-order valence-electron chi connectivity index (χ0n) is 18.3. The Kier molecular flexibility index (Phi) is 6.98. The van der Waals surface area contributed by atoms with Crippen LogP contribution in [-0.4, -0.2) is 39.0 Å². The Morgan fingerprint density at radius 3 is 2.70 bits per heavy atom. The molecule has 0 unspecified atom stereocenters. The first-order valence-electron chi connectivity index (χ1n) is 10.6. The predicted molar refractivity (Wildman–Crippen MR) is 125 cm³/mol. The largest absolute Gasteiger partial charge is 0.428 e. The van der Waals surface area contributed by atoms with Crippen LogP contribution < -0.4 is 0 Å². The van der Waals surface area contributed by atoms with Gasteiger partial charge in [-0.1, -0.05) is 28.9 Å². The van der Waals surface area contributed by atoms with Gasteiger partial charge in [0, 0.05) is 41.0 Å². The standard InChI is InChI=1S/C24H23BrN4O4/c1-3-21(30)32-14-33-22(31)10-8-19-24-27-13-15(2)29(24)20-9-7-16(25)12-17(20)23(28-19)18-6-4-5-11-26-18/h4-7,9,11-13,19H,3,8,10,14H2,1-2H3/t19-/m0/s1. The number of aliphatic imine (C=N–C) groups is 1. The Labute approximate surface area is 199 Å². The summed E-state index contributed by atoms with van der Waals surface area (Å²) in [5, 5.41) is 0. The zero-order valence-corrected chi connectivity index (χ0v) is 19.9. The lowest BCUT2D eigenvalue weighted by Crippen LogP contribution is -2.13. The normalized spacial score (nSPS) is 14.5. The first-order valence-corrected chi connectivity index (χ1v) is 11.4. The van der Waals surface area contributed by atoms with Crippen LogP contribution in [0.3, 0.4) is 0 Å². The summed E-state index contributed by atoms with van der Waals surface area (Å²) in [5.41, 5.74) is 4.29. The summed E-state index contributed by atoms with van der Waals surface area (Å²) in [6.45, 7) is 3.28. The zero-order chi connectivity index (χ0) is 23.4. The molecule has 3 heterocycles. The van der Waals surface area contributed by atoms with Crippen molar-refractivity contribution in [2.45, 2.75) is 39.2 Å². The van der Waals surface area contributed by atoms with E-state index in [2.05, 4.69) is 30.5 Å². The van der Waals surface area contributed by atoms with E-state index in [1.807, 2.05) is 43.3 Å². The van der Waals surface area contributed by atoms with Crippen LogP contribution in [0.1, 0.15) is 55.0 Å². The number of pyridine rings is 1. The van der Waals surface area contributed by atoms with Crippen molar-refractivity contribution in [2.75, 3.05) is 6.79 Å². The van der Waals surface area contributed by atoms with Crippen molar-refractivity contribution in [1.29, 1.82) is 0 Å². The number of carbonyl (C=O) groups excluding carboxylic acids is 2. The molecule has 0 N–H and O–H groups in total. The summed E-state index contributed by atoms with van der Waals surface area (Å²) in [4.78, 5) is 37.7. The number of hydrogen-bond donors (Lipinski definition) is 0. The SMILES string of the molecule is CCC(=O)OCOC(=O)CC[C@@H]1N=C(c2ccccn2)c2cc(Br)ccc2-n2c(C)cnc21. The molecule has 0 spiro atoms. The first-order chi connectivity index (χ1) is 16.0. The number of esters is 2. The molecule has 0 bridgehead atoms. The maximum atomic E-state index is 12.3. The van der Waals surface area contributed by atoms with Crippen LogP contribution in [-0.2, 0) is 19.1 Å². The molecule has 2 aromatic heterocycles. The quantitative estimate of drug-likeness (QED) is 0.343. The monoisotopic (exact) mass is 510 g/mol. The molecule has 0 amide bonds. The van der Waals surface area contributed by atoms with Crippen molar-refractivity contribution in [3.05, 3.63) is 76.0 Å². The van der Waals surface area contributed by atoms with E-state index in [9.17, 15) is 9.59 Å². The molecule has 170 valence electrons. The Morgan fingerprint density at radius 2 is 1.94 bits per heavy atom. The number of carbonyl (C=O) groups is 2. The van der Waals surface area contributed by atoms with Crippen LogP contribution in [0.4, 0.5) is 0 Å². The van der Waals surface area contributed by atoms with Gasteiger partial charge in [0.1, 0.15) is 11.9 Å². The Balaban J connectivity index is 1.67. The first kappa shape index (κ1) is 22.8. The maximum absolute atomic E-state index is 12.3. The van der Waals surface area contributed by atoms with E-state index in [4.69, 9.17) is 14.5 Å². The number of aryl methyl sites for hydroxylation is 1. The molecule has 0 aliphatic carbocycles. The molecule has 1 aromatic carbocycles. The van der Waals surface area contributed by atoms with Gasteiger partial charge >= 0.3 is 11.9 Å². The molecule has 33 heavy (non-hydrogen) atoms. The topological polar surface area (TPSA) is 95.7 Å². The number of rotatable bonds is 7. The van der Waals surface area contributed by atoms with E-state index in [1.54, 1.807) is 19.3 Å². The number of benzene rings is 1. The Bertz CT molecular complexity index is 1210. The molecule has 0 radical (unpaired) electrons. The summed E-state index contributed by atoms with van der Waals surface area (Å²) < 4.78 is 12.9. The lowest BCUT2D eigenvalue weighted by atomic mass is 10.0. The highest BCUT2D eigenvalue weighted by Gasteiger charge is 2.28. The average Bonchev–Trinajstić information content (AvgIpc) is 3.14. The number of imidazole rings is 1. The van der Waals surface area contributed by atoms with E-state index < -0.39 is 18.0 Å². The summed E-state index contributed by atoms with van der Waals surface area (Å²) in [5.74, 6) is -0.141. The predicted octanol–water partition coefficient (Wildman–Crippen LogP) is 4.46. The van der Waals surface area contributed by atoms with Gasteiger partial charge in [-0.3, -0.25) is 24.1 Å². The summed E-state index contributed by atoms with van der Waals surface area (Å²) in [7, 11) is 0. The fourth-order valence-corrected chi connectivity index (χ4v) is 4.03. The van der Waals surface area contributed by atoms with Gasteiger partial charge in [-0.2, -0.15) is 0 Å². The van der Waals surface area contributed by atoms with E-state index >= 15 is 0 Å². The van der Waals surface area contributed by atoms with Crippen LogP contribution in [0, 0.1) is 6.92 Å². The third-order valence-corrected chi connectivity index (χ3v) is 5.75. The van der Waals surface area contributed by atoms with E-state index in [0.717, 1.165) is 38.6 Å². The van der Waals surface area contributed by atoms with E-state index in [-0.39, 0.29) is 19.6 Å². The number of fused-ring (bicyclic) bond motifs is 3. The fraction of sp³-hybridized carbons (Fsp3) is 0.292. The molecular formula is C24H23BrN4O4. The lowest BCUT2D eigenvalue weighted by Gasteiger charge is -2.14. The lowest BCUT2D eigenvalue weighted by molar-refractivity contribution is -0.167. The van der Waals surface area contributed by atoms with Crippen molar-refractivity contribution in [2.24, 2.45) is 4.99 Å². The Morgan fingerprint density at radius 1 is 1.12 bits per heavy atom. The molecular weight excluding hydrogens is 488 g/mol. The second kappa shape index (κ2) is 10.1. The van der Waals surface area contributed by atoms with Gasteiger partial charge < -0.3 is 9.47 Å². The molecule has 8 nitrogen and oxygen atoms in total. The average molecular weight is 511 g/mol. The molecule has 9 heteroatoms. The van der Waals surface area contributed by atoms with Crippen LogP contribution >= 0.6 is 15.9 Å². The summed E-state index contributed by atoms with van der Waals surface area (Å²) in [6.07, 6.45) is 4.23. The second-order valence-corrected chi connectivity index (χ2v) is 8.42. The second-order valence-electron chi connectivity index (χ2n) is 7.51. The molecule has 1 atom stereocenters. The van der Waals surface area contributed by atoms with Gasteiger partial charge in [0.15, 0.2) is 0 Å². The number of halogens is 1. The van der Waals surface area contributed by atoms with Gasteiger partial charge in [-0.15, -0.1) is 0 Å². The Hall–Kier alpha value is -3.33. The molecule has 0 saturated carbocycles. The molecule has 0 fully saturated rings. The number of ether oxygens (including phenoxy) is 2. The van der Waals surface area contributed by atoms with Crippen molar-refractivity contribution >= 4 is 33.6 Å². The number of hydrogen-bond acceptors (Lipinski definition) is 7. The van der Waals surface area contributed by atoms with Crippen LogP contribution in [0.2, 0.25) is 0 Å². The van der Waals surface area contributed by atoms with Crippen molar-refractivity contribution in [3.63, 3.8) is 0 Å². The third kappa shape index (κ3) is 5.03. The highest BCUT2D eigenvalue weighted by molar-refractivity contribution is 9.10. The van der Waals surface area contributed by atoms with Crippen LogP contribution in [0.15, 0.2) is 58.3 Å². The van der Waals surface area contributed by atoms with Gasteiger partial charge in [0.05, 0.1) is 17.1 Å². The molecule has 0 saturated heterocycles. The van der Waals surface area contributed by atoms with Crippen LogP contribution in [0.25, 0.3) is 5.69 Å².